The van der Waals surface area contributed by atoms with Crippen LogP contribution in [-0.4, -0.2) is 43.2 Å². The van der Waals surface area contributed by atoms with Crippen LogP contribution in [0.25, 0.3) is 10.9 Å². The minimum absolute atomic E-state index is 0.0373. The van der Waals surface area contributed by atoms with Crippen molar-refractivity contribution in [1.82, 2.24) is 19.4 Å². The van der Waals surface area contributed by atoms with Crippen molar-refractivity contribution in [3.05, 3.63) is 64.7 Å². The van der Waals surface area contributed by atoms with Gasteiger partial charge in [0.2, 0.25) is 5.91 Å². The second-order valence-corrected chi connectivity index (χ2v) is 8.38. The second-order valence-electron chi connectivity index (χ2n) is 7.44. The first-order valence-corrected chi connectivity index (χ1v) is 10.7. The van der Waals surface area contributed by atoms with Gasteiger partial charge in [-0.1, -0.05) is 30.0 Å². The van der Waals surface area contributed by atoms with Gasteiger partial charge < -0.3 is 4.90 Å². The first-order valence-electron chi connectivity index (χ1n) is 9.71. The molecule has 0 bridgehead atoms. The number of carbonyl (C=O) groups is 1. The Morgan fingerprint density at radius 2 is 1.83 bits per heavy atom. The first-order chi connectivity index (χ1) is 13.9. The molecule has 0 unspecified atom stereocenters. The molecule has 3 rings (SSSR count). The van der Waals surface area contributed by atoms with Gasteiger partial charge in [-0.2, -0.15) is 0 Å². The van der Waals surface area contributed by atoms with E-state index in [2.05, 4.69) is 9.97 Å². The minimum atomic E-state index is -0.112. The zero-order chi connectivity index (χ0) is 21.0. The summed E-state index contributed by atoms with van der Waals surface area (Å²) in [5.41, 5.74) is 1.43. The fourth-order valence-electron chi connectivity index (χ4n) is 3.44. The first kappa shape index (κ1) is 21.0. The number of fused-ring (bicyclic) bond motifs is 1. The monoisotopic (exact) mass is 410 g/mol. The summed E-state index contributed by atoms with van der Waals surface area (Å²) >= 11 is 1.31. The van der Waals surface area contributed by atoms with Crippen molar-refractivity contribution in [3.63, 3.8) is 0 Å². The summed E-state index contributed by atoms with van der Waals surface area (Å²) in [6, 6.07) is 11.3. The molecule has 0 aliphatic carbocycles. The number of hydrogen-bond acceptors (Lipinski definition) is 5. The number of pyridine rings is 1. The number of para-hydroxylation sites is 1. The number of rotatable bonds is 7. The lowest BCUT2D eigenvalue weighted by atomic mass is 10.2. The summed E-state index contributed by atoms with van der Waals surface area (Å²) < 4.78 is 1.63. The molecule has 2 aromatic heterocycles. The van der Waals surface area contributed by atoms with E-state index >= 15 is 0 Å². The Labute approximate surface area is 175 Å². The molecule has 0 aliphatic heterocycles. The smallest absolute Gasteiger partial charge is 0.262 e. The van der Waals surface area contributed by atoms with E-state index in [-0.39, 0.29) is 29.3 Å². The third kappa shape index (κ3) is 4.85. The lowest BCUT2D eigenvalue weighted by Gasteiger charge is -2.30. The van der Waals surface area contributed by atoms with Gasteiger partial charge in [0.15, 0.2) is 5.16 Å². The van der Waals surface area contributed by atoms with Crippen LogP contribution in [-0.2, 0) is 11.3 Å². The summed E-state index contributed by atoms with van der Waals surface area (Å²) in [6.07, 6.45) is 3.44. The molecular formula is C22H26N4O2S. The van der Waals surface area contributed by atoms with Gasteiger partial charge in [0.1, 0.15) is 0 Å². The van der Waals surface area contributed by atoms with E-state index in [0.717, 1.165) is 5.56 Å². The molecule has 6 nitrogen and oxygen atoms in total. The number of benzene rings is 1. The normalized spacial score (nSPS) is 11.4. The van der Waals surface area contributed by atoms with E-state index in [1.807, 2.05) is 62.9 Å². The van der Waals surface area contributed by atoms with E-state index in [0.29, 0.717) is 22.6 Å². The van der Waals surface area contributed by atoms with Crippen LogP contribution in [0.4, 0.5) is 0 Å². The quantitative estimate of drug-likeness (QED) is 0.440. The third-order valence-electron chi connectivity index (χ3n) is 4.62. The Kier molecular flexibility index (Phi) is 6.69. The third-order valence-corrected chi connectivity index (χ3v) is 5.58. The molecule has 0 atom stereocenters. The molecule has 0 radical (unpaired) electrons. The number of hydrogen-bond donors (Lipinski definition) is 0. The Bertz CT molecular complexity index is 1040. The molecule has 3 aromatic rings. The average Bonchev–Trinajstić information content (AvgIpc) is 2.69. The maximum absolute atomic E-state index is 13.1. The van der Waals surface area contributed by atoms with E-state index in [9.17, 15) is 9.59 Å². The number of nitrogens with zero attached hydrogens (tertiary/aromatic N) is 4. The van der Waals surface area contributed by atoms with Crippen molar-refractivity contribution in [2.24, 2.45) is 0 Å². The Morgan fingerprint density at radius 1 is 1.10 bits per heavy atom. The second kappa shape index (κ2) is 9.22. The number of aromatic nitrogens is 3. The molecule has 0 fully saturated rings. The van der Waals surface area contributed by atoms with Crippen LogP contribution in [0.3, 0.4) is 0 Å². The molecule has 7 heteroatoms. The highest BCUT2D eigenvalue weighted by molar-refractivity contribution is 7.99. The van der Waals surface area contributed by atoms with E-state index in [1.165, 1.54) is 11.8 Å². The summed E-state index contributed by atoms with van der Waals surface area (Å²) in [4.78, 5) is 36.6. The van der Waals surface area contributed by atoms with Gasteiger partial charge >= 0.3 is 0 Å². The molecule has 152 valence electrons. The summed E-state index contributed by atoms with van der Waals surface area (Å²) in [5, 5.41) is 1.11. The number of carbonyl (C=O) groups excluding carboxylic acids is 1. The Balaban J connectivity index is 1.96. The van der Waals surface area contributed by atoms with Gasteiger partial charge in [-0.3, -0.25) is 19.1 Å². The maximum atomic E-state index is 13.1. The highest BCUT2D eigenvalue weighted by atomic mass is 32.2. The molecule has 2 heterocycles. The van der Waals surface area contributed by atoms with Crippen molar-refractivity contribution >= 4 is 28.6 Å². The van der Waals surface area contributed by atoms with Gasteiger partial charge in [0, 0.05) is 24.5 Å². The van der Waals surface area contributed by atoms with Gasteiger partial charge in [-0.25, -0.2) is 4.98 Å². The molecule has 0 aliphatic rings. The Hall–Kier alpha value is -2.67. The van der Waals surface area contributed by atoms with Crippen LogP contribution >= 0.6 is 11.8 Å². The predicted molar refractivity (Wildman–Crippen MR) is 117 cm³/mol. The molecular weight excluding hydrogens is 384 g/mol. The molecule has 1 aromatic carbocycles. The lowest BCUT2D eigenvalue weighted by Crippen LogP contribution is -2.43. The van der Waals surface area contributed by atoms with Crippen LogP contribution in [0.5, 0.6) is 0 Å². The van der Waals surface area contributed by atoms with Crippen LogP contribution in [0.1, 0.15) is 33.3 Å². The number of thioether (sulfide) groups is 1. The van der Waals surface area contributed by atoms with Crippen molar-refractivity contribution in [3.8, 4) is 0 Å². The minimum Gasteiger partial charge on any atom is -0.337 e. The van der Waals surface area contributed by atoms with Crippen molar-refractivity contribution in [2.45, 2.75) is 51.5 Å². The standard InChI is InChI=1S/C22H26N4O2S/c1-15(2)26(16(3)4)20(27)14-29-22-24-19-10-6-5-9-18(19)21(28)25(22)13-17-8-7-11-23-12-17/h5-12,15-16H,13-14H2,1-4H3. The van der Waals surface area contributed by atoms with Gasteiger partial charge in [-0.15, -0.1) is 0 Å². The highest BCUT2D eigenvalue weighted by Gasteiger charge is 2.21. The summed E-state index contributed by atoms with van der Waals surface area (Å²) in [6.45, 7) is 8.40. The van der Waals surface area contributed by atoms with E-state index in [1.54, 1.807) is 23.0 Å². The zero-order valence-electron chi connectivity index (χ0n) is 17.2. The Morgan fingerprint density at radius 3 is 2.48 bits per heavy atom. The topological polar surface area (TPSA) is 68.1 Å². The van der Waals surface area contributed by atoms with E-state index in [4.69, 9.17) is 0 Å². The zero-order valence-corrected chi connectivity index (χ0v) is 18.0. The van der Waals surface area contributed by atoms with E-state index < -0.39 is 0 Å². The molecule has 0 spiro atoms. The largest absolute Gasteiger partial charge is 0.337 e. The SMILES string of the molecule is CC(C)N(C(=O)CSc1nc2ccccc2c(=O)n1Cc1cccnc1)C(C)C. The van der Waals surface area contributed by atoms with Crippen LogP contribution in [0, 0.1) is 0 Å². The van der Waals surface area contributed by atoms with Crippen LogP contribution < -0.4 is 5.56 Å². The fourth-order valence-corrected chi connectivity index (χ4v) is 4.31. The molecule has 1 amide bonds. The molecule has 0 N–H and O–H groups in total. The van der Waals surface area contributed by atoms with Gasteiger partial charge in [0.05, 0.1) is 23.2 Å². The molecule has 0 saturated heterocycles. The van der Waals surface area contributed by atoms with Gasteiger partial charge in [-0.05, 0) is 51.5 Å². The van der Waals surface area contributed by atoms with Gasteiger partial charge in [0.25, 0.3) is 5.56 Å². The van der Waals surface area contributed by atoms with Crippen LogP contribution in [0.2, 0.25) is 0 Å². The van der Waals surface area contributed by atoms with Crippen molar-refractivity contribution < 1.29 is 4.79 Å². The summed E-state index contributed by atoms with van der Waals surface area (Å²) in [7, 11) is 0. The average molecular weight is 411 g/mol. The lowest BCUT2D eigenvalue weighted by molar-refractivity contribution is -0.131. The fraction of sp³-hybridized carbons (Fsp3) is 0.364. The molecule has 0 saturated carbocycles. The highest BCUT2D eigenvalue weighted by Crippen LogP contribution is 2.20. The maximum Gasteiger partial charge on any atom is 0.262 e. The van der Waals surface area contributed by atoms with Crippen LogP contribution in [0.15, 0.2) is 58.7 Å². The number of amides is 1. The molecule has 29 heavy (non-hydrogen) atoms. The van der Waals surface area contributed by atoms with Crippen molar-refractivity contribution in [2.75, 3.05) is 5.75 Å². The summed E-state index contributed by atoms with van der Waals surface area (Å²) in [5.74, 6) is 0.268. The van der Waals surface area contributed by atoms with Crippen molar-refractivity contribution in [1.29, 1.82) is 0 Å². The predicted octanol–water partition coefficient (Wildman–Crippen LogP) is 3.58.